The molecule has 0 radical (unpaired) electrons. The number of hydrogen-bond acceptors (Lipinski definition) is 5. The van der Waals surface area contributed by atoms with Crippen LogP contribution in [0.25, 0.3) is 22.5 Å². The first-order chi connectivity index (χ1) is 13.1. The van der Waals surface area contributed by atoms with Crippen molar-refractivity contribution in [3.63, 3.8) is 0 Å². The van der Waals surface area contributed by atoms with E-state index in [4.69, 9.17) is 19.0 Å². The molecule has 0 aliphatic carbocycles. The van der Waals surface area contributed by atoms with Gasteiger partial charge in [0.05, 0.1) is 21.3 Å². The predicted octanol–water partition coefficient (Wildman–Crippen LogP) is 3.83. The van der Waals surface area contributed by atoms with Gasteiger partial charge in [-0.1, -0.05) is 0 Å². The normalized spacial score (nSPS) is 10.6. The largest absolute Gasteiger partial charge is 0.497 e. The molecule has 0 amide bonds. The monoisotopic (exact) mass is 372 g/mol. The van der Waals surface area contributed by atoms with E-state index in [1.165, 1.54) is 17.9 Å². The molecule has 0 unspecified atom stereocenters. The Kier molecular flexibility index (Phi) is 5.49. The molecule has 27 heavy (non-hydrogen) atoms. The Morgan fingerprint density at radius 2 is 1.63 bits per heavy atom. The molecule has 2 aromatic carbocycles. The second-order valence-corrected chi connectivity index (χ2v) is 5.64. The lowest BCUT2D eigenvalue weighted by Crippen LogP contribution is -2.11. The minimum absolute atomic E-state index is 0.172. The van der Waals surface area contributed by atoms with Crippen molar-refractivity contribution < 1.29 is 23.4 Å². The molecule has 1 heterocycles. The summed E-state index contributed by atoms with van der Waals surface area (Å²) in [5.74, 6) is 0.962. The molecule has 142 valence electrons. The van der Waals surface area contributed by atoms with Gasteiger partial charge in [-0.2, -0.15) is 4.73 Å². The van der Waals surface area contributed by atoms with E-state index in [1.807, 2.05) is 19.1 Å². The fraction of sp³-hybridized carbons (Fsp3) is 0.250. The third-order valence-electron chi connectivity index (χ3n) is 4.05. The molecule has 0 aliphatic rings. The quantitative estimate of drug-likeness (QED) is 0.631. The first-order valence-electron chi connectivity index (χ1n) is 8.39. The number of benzene rings is 2. The molecular weight excluding hydrogens is 351 g/mol. The third kappa shape index (κ3) is 3.67. The van der Waals surface area contributed by atoms with Crippen LogP contribution in [0, 0.1) is 5.82 Å². The van der Waals surface area contributed by atoms with Crippen LogP contribution in [0.5, 0.6) is 17.2 Å². The lowest BCUT2D eigenvalue weighted by molar-refractivity contribution is 0.125. The molecular formula is C20H21FN2O4. The van der Waals surface area contributed by atoms with Crippen LogP contribution in [0.1, 0.15) is 6.92 Å². The highest BCUT2D eigenvalue weighted by atomic mass is 19.1. The summed E-state index contributed by atoms with van der Waals surface area (Å²) in [5, 5.41) is 0. The zero-order chi connectivity index (χ0) is 19.4. The topological polar surface area (TPSA) is 54.7 Å². The summed E-state index contributed by atoms with van der Waals surface area (Å²) in [6, 6.07) is 10.2. The maximum absolute atomic E-state index is 14.3. The van der Waals surface area contributed by atoms with Gasteiger partial charge in [-0.3, -0.25) is 0 Å². The molecule has 3 rings (SSSR count). The second-order valence-electron chi connectivity index (χ2n) is 5.64. The smallest absolute Gasteiger partial charge is 0.165 e. The highest BCUT2D eigenvalue weighted by Gasteiger charge is 2.19. The SMILES string of the molecule is CCOn1cnc(-c2cc(OC)cc(OC)c2)c1-c1ccc(OC)c(F)c1. The second kappa shape index (κ2) is 7.99. The van der Waals surface area contributed by atoms with Gasteiger partial charge >= 0.3 is 0 Å². The Morgan fingerprint density at radius 3 is 2.19 bits per heavy atom. The maximum Gasteiger partial charge on any atom is 0.165 e. The summed E-state index contributed by atoms with van der Waals surface area (Å²) in [4.78, 5) is 10.1. The summed E-state index contributed by atoms with van der Waals surface area (Å²) >= 11 is 0. The number of methoxy groups -OCH3 is 3. The first-order valence-corrected chi connectivity index (χ1v) is 8.39. The molecule has 0 bridgehead atoms. The predicted molar refractivity (Wildman–Crippen MR) is 99.8 cm³/mol. The van der Waals surface area contributed by atoms with E-state index >= 15 is 0 Å². The molecule has 3 aromatic rings. The van der Waals surface area contributed by atoms with Gasteiger partial charge in [0, 0.05) is 17.2 Å². The van der Waals surface area contributed by atoms with Crippen LogP contribution in [-0.2, 0) is 0 Å². The number of imidazole rings is 1. The van der Waals surface area contributed by atoms with Gasteiger partial charge in [-0.15, -0.1) is 0 Å². The fourth-order valence-corrected chi connectivity index (χ4v) is 2.80. The Bertz CT molecular complexity index is 917. The van der Waals surface area contributed by atoms with Gasteiger partial charge in [-0.05, 0) is 37.3 Å². The number of aromatic nitrogens is 2. The Hall–Kier alpha value is -3.22. The van der Waals surface area contributed by atoms with Gasteiger partial charge in [0.2, 0.25) is 0 Å². The van der Waals surface area contributed by atoms with Crippen molar-refractivity contribution in [2.24, 2.45) is 0 Å². The van der Waals surface area contributed by atoms with Crippen molar-refractivity contribution in [1.82, 2.24) is 9.71 Å². The van der Waals surface area contributed by atoms with Gasteiger partial charge in [-0.25, -0.2) is 9.37 Å². The van der Waals surface area contributed by atoms with Crippen LogP contribution in [0.3, 0.4) is 0 Å². The summed E-state index contributed by atoms with van der Waals surface area (Å²) < 4.78 is 31.5. The third-order valence-corrected chi connectivity index (χ3v) is 4.05. The van der Waals surface area contributed by atoms with Crippen molar-refractivity contribution >= 4 is 0 Å². The van der Waals surface area contributed by atoms with Gasteiger partial charge in [0.15, 0.2) is 11.6 Å². The van der Waals surface area contributed by atoms with Crippen LogP contribution in [0.4, 0.5) is 4.39 Å². The fourth-order valence-electron chi connectivity index (χ4n) is 2.80. The van der Waals surface area contributed by atoms with Crippen LogP contribution in [0.15, 0.2) is 42.7 Å². The molecule has 6 nitrogen and oxygen atoms in total. The molecule has 0 fully saturated rings. The molecule has 0 N–H and O–H groups in total. The summed E-state index contributed by atoms with van der Waals surface area (Å²) in [7, 11) is 4.59. The van der Waals surface area contributed by atoms with E-state index < -0.39 is 5.82 Å². The van der Waals surface area contributed by atoms with E-state index in [9.17, 15) is 4.39 Å². The molecule has 0 spiro atoms. The highest BCUT2D eigenvalue weighted by molar-refractivity contribution is 5.80. The molecule has 0 atom stereocenters. The van der Waals surface area contributed by atoms with Crippen molar-refractivity contribution in [3.8, 4) is 39.8 Å². The van der Waals surface area contributed by atoms with E-state index in [0.29, 0.717) is 35.1 Å². The highest BCUT2D eigenvalue weighted by Crippen LogP contribution is 2.36. The standard InChI is InChI=1S/C20H21FN2O4/c1-5-27-23-12-22-19(14-8-15(24-2)11-16(9-14)25-3)20(23)13-6-7-18(26-4)17(21)10-13/h6-12H,5H2,1-4H3. The molecule has 0 aliphatic heterocycles. The van der Waals surface area contributed by atoms with Crippen LogP contribution >= 0.6 is 0 Å². The number of nitrogens with zero attached hydrogens (tertiary/aromatic N) is 2. The van der Waals surface area contributed by atoms with Crippen molar-refractivity contribution in [1.29, 1.82) is 0 Å². The molecule has 1 aromatic heterocycles. The summed E-state index contributed by atoms with van der Waals surface area (Å²) in [5.41, 5.74) is 2.60. The zero-order valence-electron chi connectivity index (χ0n) is 15.7. The van der Waals surface area contributed by atoms with Crippen LogP contribution < -0.4 is 19.0 Å². The average molecular weight is 372 g/mol. The van der Waals surface area contributed by atoms with E-state index in [0.717, 1.165) is 5.56 Å². The van der Waals surface area contributed by atoms with E-state index in [-0.39, 0.29) is 5.75 Å². The van der Waals surface area contributed by atoms with Gasteiger partial charge < -0.3 is 19.0 Å². The summed E-state index contributed by atoms with van der Waals surface area (Å²) in [6.45, 7) is 2.30. The summed E-state index contributed by atoms with van der Waals surface area (Å²) in [6.07, 6.45) is 1.56. The maximum atomic E-state index is 14.3. The van der Waals surface area contributed by atoms with Crippen molar-refractivity contribution in [2.45, 2.75) is 6.92 Å². The number of halogens is 1. The lowest BCUT2D eigenvalue weighted by atomic mass is 10.0. The molecule has 0 saturated carbocycles. The first kappa shape index (κ1) is 18.6. The van der Waals surface area contributed by atoms with Gasteiger partial charge in [0.1, 0.15) is 35.8 Å². The Labute approximate surface area is 157 Å². The minimum atomic E-state index is -0.464. The average Bonchev–Trinajstić information content (AvgIpc) is 3.11. The minimum Gasteiger partial charge on any atom is -0.497 e. The molecule has 0 saturated heterocycles. The Balaban J connectivity index is 2.19. The Morgan fingerprint density at radius 1 is 0.926 bits per heavy atom. The van der Waals surface area contributed by atoms with Gasteiger partial charge in [0.25, 0.3) is 0 Å². The van der Waals surface area contributed by atoms with Crippen LogP contribution in [0.2, 0.25) is 0 Å². The number of hydrogen-bond donors (Lipinski definition) is 0. The van der Waals surface area contributed by atoms with E-state index in [2.05, 4.69) is 4.98 Å². The van der Waals surface area contributed by atoms with Crippen LogP contribution in [-0.4, -0.2) is 37.7 Å². The number of ether oxygens (including phenoxy) is 3. The zero-order valence-corrected chi connectivity index (χ0v) is 15.7. The lowest BCUT2D eigenvalue weighted by Gasteiger charge is -2.12. The van der Waals surface area contributed by atoms with Crippen molar-refractivity contribution in [3.05, 3.63) is 48.5 Å². The van der Waals surface area contributed by atoms with E-state index in [1.54, 1.807) is 38.7 Å². The number of rotatable bonds is 7. The molecule has 7 heteroatoms. The van der Waals surface area contributed by atoms with Crippen molar-refractivity contribution in [2.75, 3.05) is 27.9 Å².